The number of hydrogen-bond acceptors (Lipinski definition) is 4. The van der Waals surface area contributed by atoms with Gasteiger partial charge in [0, 0.05) is 37.8 Å². The zero-order chi connectivity index (χ0) is 24.3. The van der Waals surface area contributed by atoms with Crippen molar-refractivity contribution in [2.75, 3.05) is 25.5 Å². The lowest BCUT2D eigenvalue weighted by Crippen LogP contribution is -2.67. The molecular formula is C22H20ClF3N6O2. The number of benzene rings is 1. The summed E-state index contributed by atoms with van der Waals surface area (Å²) in [7, 11) is 1.60. The van der Waals surface area contributed by atoms with Crippen LogP contribution in [0.3, 0.4) is 0 Å². The van der Waals surface area contributed by atoms with E-state index in [0.29, 0.717) is 42.7 Å². The third-order valence-electron chi connectivity index (χ3n) is 6.64. The van der Waals surface area contributed by atoms with Gasteiger partial charge in [0.05, 0.1) is 21.7 Å². The summed E-state index contributed by atoms with van der Waals surface area (Å²) in [5, 5.41) is 3.16. The number of urea groups is 1. The van der Waals surface area contributed by atoms with Crippen molar-refractivity contribution in [1.82, 2.24) is 24.8 Å². The molecule has 5 rings (SSSR count). The average Bonchev–Trinajstić information content (AvgIpc) is 3.21. The molecule has 1 aromatic carbocycles. The van der Waals surface area contributed by atoms with Crippen molar-refractivity contribution < 1.29 is 22.8 Å². The van der Waals surface area contributed by atoms with Gasteiger partial charge >= 0.3 is 12.2 Å². The number of rotatable bonds is 3. The first-order chi connectivity index (χ1) is 16.1. The fraction of sp³-hybridized carbons (Fsp3) is 0.364. The molecule has 1 aliphatic carbocycles. The molecule has 2 N–H and O–H groups in total. The topological polar surface area (TPSA) is 94.2 Å². The molecule has 2 aromatic heterocycles. The van der Waals surface area contributed by atoms with Gasteiger partial charge in [-0.25, -0.2) is 14.8 Å². The van der Waals surface area contributed by atoms with E-state index in [1.807, 2.05) is 0 Å². The van der Waals surface area contributed by atoms with E-state index in [0.717, 1.165) is 18.2 Å². The Morgan fingerprint density at radius 2 is 1.97 bits per heavy atom. The summed E-state index contributed by atoms with van der Waals surface area (Å²) in [5.41, 5.74) is -0.0919. The molecule has 2 aliphatic rings. The Balaban J connectivity index is 1.17. The Hall–Kier alpha value is -3.34. The van der Waals surface area contributed by atoms with E-state index in [1.165, 1.54) is 11.2 Å². The standard InChI is InChI=1S/C22H20ClF3N6O2/c1-31(20(34)30-16-6-12(22(24,25)26)2-3-15(16)23)13-7-21(8-13)9-32(10-21)19(33)17-14-4-5-27-18(14)29-11-28-17/h2-6,11,13H,7-10H2,1H3,(H,30,34)(H,27,28,29). The van der Waals surface area contributed by atoms with Crippen LogP contribution in [-0.2, 0) is 6.18 Å². The Morgan fingerprint density at radius 3 is 2.68 bits per heavy atom. The van der Waals surface area contributed by atoms with Crippen LogP contribution in [0.1, 0.15) is 28.9 Å². The van der Waals surface area contributed by atoms with E-state index in [9.17, 15) is 22.8 Å². The van der Waals surface area contributed by atoms with E-state index in [1.54, 1.807) is 24.2 Å². The van der Waals surface area contributed by atoms with Gasteiger partial charge < -0.3 is 20.1 Å². The number of nitrogens with one attached hydrogen (secondary N) is 2. The van der Waals surface area contributed by atoms with Crippen molar-refractivity contribution in [3.63, 3.8) is 0 Å². The maximum absolute atomic E-state index is 13.0. The number of amides is 3. The van der Waals surface area contributed by atoms with Crippen LogP contribution in [0.2, 0.25) is 5.02 Å². The monoisotopic (exact) mass is 492 g/mol. The third kappa shape index (κ3) is 3.83. The van der Waals surface area contributed by atoms with Crippen LogP contribution in [-0.4, -0.2) is 62.9 Å². The number of anilines is 1. The molecule has 178 valence electrons. The lowest BCUT2D eigenvalue weighted by molar-refractivity contribution is -0.137. The number of nitrogens with zero attached hydrogens (tertiary/aromatic N) is 4. The average molecular weight is 493 g/mol. The number of alkyl halides is 3. The molecule has 0 radical (unpaired) electrons. The predicted octanol–water partition coefficient (Wildman–Crippen LogP) is 4.40. The van der Waals surface area contributed by atoms with Crippen molar-refractivity contribution in [2.45, 2.75) is 25.1 Å². The lowest BCUT2D eigenvalue weighted by atomic mass is 9.60. The fourth-order valence-corrected chi connectivity index (χ4v) is 4.90. The number of likely N-dealkylation sites (tertiary alicyclic amines) is 1. The smallest absolute Gasteiger partial charge is 0.346 e. The zero-order valence-corrected chi connectivity index (χ0v) is 18.7. The van der Waals surface area contributed by atoms with Gasteiger partial charge in [0.25, 0.3) is 5.91 Å². The number of aromatic amines is 1. The summed E-state index contributed by atoms with van der Waals surface area (Å²) >= 11 is 5.98. The first-order valence-electron chi connectivity index (χ1n) is 10.5. The quantitative estimate of drug-likeness (QED) is 0.566. The molecular weight excluding hydrogens is 473 g/mol. The molecule has 1 aliphatic heterocycles. The molecule has 0 unspecified atom stereocenters. The molecule has 1 saturated carbocycles. The summed E-state index contributed by atoms with van der Waals surface area (Å²) in [6.45, 7) is 1.13. The SMILES string of the molecule is CN(C(=O)Nc1cc(C(F)(F)F)ccc1Cl)C1CC2(C1)CN(C(=O)c1ncnc3[nH]ccc13)C2. The molecule has 3 aromatic rings. The molecule has 1 saturated heterocycles. The summed E-state index contributed by atoms with van der Waals surface area (Å²) < 4.78 is 38.9. The van der Waals surface area contributed by atoms with Gasteiger partial charge in [-0.3, -0.25) is 4.79 Å². The summed E-state index contributed by atoms with van der Waals surface area (Å²) in [6.07, 6.45) is -0.0911. The minimum absolute atomic E-state index is 0.0224. The second-order valence-corrected chi connectivity index (χ2v) is 9.33. The first kappa shape index (κ1) is 22.5. The highest BCUT2D eigenvalue weighted by molar-refractivity contribution is 6.33. The van der Waals surface area contributed by atoms with Crippen LogP contribution in [0.5, 0.6) is 0 Å². The van der Waals surface area contributed by atoms with Crippen molar-refractivity contribution in [1.29, 1.82) is 0 Å². The molecule has 3 amide bonds. The van der Waals surface area contributed by atoms with E-state index in [-0.39, 0.29) is 28.1 Å². The lowest BCUT2D eigenvalue weighted by Gasteiger charge is -2.60. The van der Waals surface area contributed by atoms with Crippen LogP contribution in [0.15, 0.2) is 36.8 Å². The van der Waals surface area contributed by atoms with E-state index < -0.39 is 17.8 Å². The van der Waals surface area contributed by atoms with Crippen molar-refractivity contribution in [3.8, 4) is 0 Å². The Kier molecular flexibility index (Phi) is 5.19. The number of carbonyl (C=O) groups is 2. The van der Waals surface area contributed by atoms with E-state index in [4.69, 9.17) is 11.6 Å². The highest BCUT2D eigenvalue weighted by Gasteiger charge is 2.55. The van der Waals surface area contributed by atoms with E-state index >= 15 is 0 Å². The van der Waals surface area contributed by atoms with Crippen LogP contribution >= 0.6 is 11.6 Å². The second kappa shape index (κ2) is 7.86. The van der Waals surface area contributed by atoms with Gasteiger partial charge in [0.1, 0.15) is 17.7 Å². The maximum atomic E-state index is 13.0. The summed E-state index contributed by atoms with van der Waals surface area (Å²) in [4.78, 5) is 39.9. The number of hydrogen-bond donors (Lipinski definition) is 2. The van der Waals surface area contributed by atoms with Gasteiger partial charge in [-0.15, -0.1) is 0 Å². The van der Waals surface area contributed by atoms with Crippen molar-refractivity contribution in [2.24, 2.45) is 5.41 Å². The van der Waals surface area contributed by atoms with Crippen molar-refractivity contribution >= 4 is 40.3 Å². The van der Waals surface area contributed by atoms with Crippen LogP contribution < -0.4 is 5.32 Å². The van der Waals surface area contributed by atoms with Gasteiger partial charge in [-0.05, 0) is 37.1 Å². The molecule has 1 spiro atoms. The minimum atomic E-state index is -4.54. The van der Waals surface area contributed by atoms with Gasteiger partial charge in [-0.2, -0.15) is 13.2 Å². The molecule has 8 nitrogen and oxygen atoms in total. The second-order valence-electron chi connectivity index (χ2n) is 8.92. The normalized spacial score (nSPS) is 17.4. The fourth-order valence-electron chi connectivity index (χ4n) is 4.74. The van der Waals surface area contributed by atoms with Crippen LogP contribution in [0.4, 0.5) is 23.7 Å². The number of aromatic nitrogens is 3. The van der Waals surface area contributed by atoms with Gasteiger partial charge in [0.15, 0.2) is 0 Å². The van der Waals surface area contributed by atoms with E-state index in [2.05, 4.69) is 20.3 Å². The molecule has 0 bridgehead atoms. The number of halogens is 4. The molecule has 2 fully saturated rings. The summed E-state index contributed by atoms with van der Waals surface area (Å²) in [5.74, 6) is -0.161. The third-order valence-corrected chi connectivity index (χ3v) is 6.97. The Labute approximate surface area is 197 Å². The highest BCUT2D eigenvalue weighted by atomic mass is 35.5. The largest absolute Gasteiger partial charge is 0.416 e. The molecule has 3 heterocycles. The van der Waals surface area contributed by atoms with Crippen LogP contribution in [0, 0.1) is 5.41 Å². The predicted molar refractivity (Wildman–Crippen MR) is 118 cm³/mol. The van der Waals surface area contributed by atoms with Crippen LogP contribution in [0.25, 0.3) is 11.0 Å². The maximum Gasteiger partial charge on any atom is 0.416 e. The number of fused-ring (bicyclic) bond motifs is 1. The Morgan fingerprint density at radius 1 is 1.24 bits per heavy atom. The highest BCUT2D eigenvalue weighted by Crippen LogP contribution is 2.50. The molecule has 12 heteroatoms. The molecule has 0 atom stereocenters. The molecule has 34 heavy (non-hydrogen) atoms. The van der Waals surface area contributed by atoms with Gasteiger partial charge in [0.2, 0.25) is 0 Å². The first-order valence-corrected chi connectivity index (χ1v) is 10.9. The van der Waals surface area contributed by atoms with Gasteiger partial charge in [-0.1, -0.05) is 11.6 Å². The van der Waals surface area contributed by atoms with Crippen molar-refractivity contribution in [3.05, 3.63) is 53.1 Å². The minimum Gasteiger partial charge on any atom is -0.346 e. The Bertz CT molecular complexity index is 1280. The summed E-state index contributed by atoms with van der Waals surface area (Å²) in [6, 6.07) is 3.93. The zero-order valence-electron chi connectivity index (χ0n) is 18.0. The number of H-pyrrole nitrogens is 1. The number of carbonyl (C=O) groups excluding carboxylic acids is 2.